The quantitative estimate of drug-likeness (QED) is 0.421. The van der Waals surface area contributed by atoms with Gasteiger partial charge in [0, 0.05) is 24.4 Å². The van der Waals surface area contributed by atoms with E-state index in [0.29, 0.717) is 25.9 Å². The van der Waals surface area contributed by atoms with Gasteiger partial charge in [0.2, 0.25) is 6.23 Å². The van der Waals surface area contributed by atoms with Gasteiger partial charge in [-0.3, -0.25) is 4.90 Å². The molecule has 0 aromatic carbocycles. The van der Waals surface area contributed by atoms with Crippen molar-refractivity contribution in [3.63, 3.8) is 0 Å². The summed E-state index contributed by atoms with van der Waals surface area (Å²) in [7, 11) is 0. The fraction of sp³-hybridized carbons (Fsp3) is 0.889. The highest BCUT2D eigenvalue weighted by molar-refractivity contribution is 5.74. The Labute approximate surface area is 204 Å². The van der Waals surface area contributed by atoms with E-state index >= 15 is 0 Å². The summed E-state index contributed by atoms with van der Waals surface area (Å²) >= 11 is 0. The minimum Gasteiger partial charge on any atom is -0.456 e. The van der Waals surface area contributed by atoms with Gasteiger partial charge in [-0.15, -0.1) is 6.58 Å². The van der Waals surface area contributed by atoms with Crippen LogP contribution in [0.3, 0.4) is 0 Å². The van der Waals surface area contributed by atoms with Crippen molar-refractivity contribution < 1.29 is 29.6 Å². The van der Waals surface area contributed by atoms with Crippen LogP contribution >= 0.6 is 0 Å². The molecule has 0 aromatic heterocycles. The first-order chi connectivity index (χ1) is 15.7. The van der Waals surface area contributed by atoms with Gasteiger partial charge in [-0.25, -0.2) is 4.79 Å². The van der Waals surface area contributed by atoms with E-state index in [1.165, 1.54) is 0 Å². The fourth-order valence-electron chi connectivity index (χ4n) is 8.09. The third-order valence-electron chi connectivity index (χ3n) is 10.1. The van der Waals surface area contributed by atoms with Crippen LogP contribution in [-0.2, 0) is 14.3 Å². The number of nitrogens with zero attached hydrogens (tertiary/aromatic N) is 1. The third-order valence-corrected chi connectivity index (χ3v) is 10.1. The van der Waals surface area contributed by atoms with Crippen LogP contribution in [0.2, 0.25) is 0 Å². The molecule has 194 valence electrons. The molecule has 7 heteroatoms. The second kappa shape index (κ2) is 8.55. The maximum absolute atomic E-state index is 13.2. The number of carbonyl (C=O) groups is 1. The molecule has 0 spiro atoms. The van der Waals surface area contributed by atoms with Crippen molar-refractivity contribution in [3.8, 4) is 0 Å². The average molecular weight is 480 g/mol. The zero-order chi connectivity index (χ0) is 25.2. The van der Waals surface area contributed by atoms with Crippen molar-refractivity contribution in [3.05, 3.63) is 12.7 Å². The number of fused-ring (bicyclic) bond motifs is 3. The summed E-state index contributed by atoms with van der Waals surface area (Å²) in [6, 6.07) is 0. The van der Waals surface area contributed by atoms with Crippen LogP contribution in [0.15, 0.2) is 12.7 Å². The number of esters is 1. The number of rotatable bonds is 4. The molecule has 2 aliphatic carbocycles. The number of ether oxygens (including phenoxy) is 2. The van der Waals surface area contributed by atoms with E-state index in [4.69, 9.17) is 9.47 Å². The Hall–Kier alpha value is -0.990. The molecule has 4 fully saturated rings. The molecule has 0 radical (unpaired) electrons. The highest BCUT2D eigenvalue weighted by Crippen LogP contribution is 2.67. The van der Waals surface area contributed by atoms with Crippen LogP contribution in [0, 0.1) is 16.7 Å². The minimum atomic E-state index is -1.37. The zero-order valence-electron chi connectivity index (χ0n) is 21.7. The van der Waals surface area contributed by atoms with E-state index in [0.717, 1.165) is 38.5 Å². The number of hydrogen-bond donors (Lipinski definition) is 3. The summed E-state index contributed by atoms with van der Waals surface area (Å²) in [6.07, 6.45) is 4.79. The minimum absolute atomic E-state index is 0.286. The maximum Gasteiger partial charge on any atom is 0.350 e. The summed E-state index contributed by atoms with van der Waals surface area (Å²) < 4.78 is 12.6. The Morgan fingerprint density at radius 3 is 2.32 bits per heavy atom. The first kappa shape index (κ1) is 26.1. The molecule has 2 aliphatic heterocycles. The summed E-state index contributed by atoms with van der Waals surface area (Å²) in [5.74, 6) is -1.03. The highest BCUT2D eigenvalue weighted by atomic mass is 16.6. The smallest absolute Gasteiger partial charge is 0.350 e. The predicted molar refractivity (Wildman–Crippen MR) is 129 cm³/mol. The van der Waals surface area contributed by atoms with Gasteiger partial charge >= 0.3 is 5.97 Å². The number of hydrogen-bond acceptors (Lipinski definition) is 7. The van der Waals surface area contributed by atoms with Gasteiger partial charge in [-0.1, -0.05) is 39.7 Å². The predicted octanol–water partition coefficient (Wildman–Crippen LogP) is 3.15. The lowest BCUT2D eigenvalue weighted by atomic mass is 9.41. The molecule has 2 heterocycles. The molecule has 4 aliphatic rings. The van der Waals surface area contributed by atoms with Gasteiger partial charge in [0.25, 0.3) is 0 Å². The van der Waals surface area contributed by atoms with Crippen LogP contribution in [-0.4, -0.2) is 74.5 Å². The molecule has 0 amide bonds. The topological polar surface area (TPSA) is 99.5 Å². The molecule has 8 atom stereocenters. The number of piperidine rings is 1. The maximum atomic E-state index is 13.2. The molecule has 2 saturated heterocycles. The second-order valence-corrected chi connectivity index (χ2v) is 12.6. The molecule has 1 unspecified atom stereocenters. The molecule has 7 nitrogen and oxygen atoms in total. The summed E-state index contributed by atoms with van der Waals surface area (Å²) in [4.78, 5) is 15.0. The summed E-state index contributed by atoms with van der Waals surface area (Å²) in [6.45, 7) is 15.2. The molecular weight excluding hydrogens is 434 g/mol. The van der Waals surface area contributed by atoms with Crippen LogP contribution < -0.4 is 0 Å². The van der Waals surface area contributed by atoms with Crippen molar-refractivity contribution in [1.82, 2.24) is 4.90 Å². The van der Waals surface area contributed by atoms with Crippen molar-refractivity contribution in [1.29, 1.82) is 0 Å². The zero-order valence-corrected chi connectivity index (χ0v) is 21.7. The van der Waals surface area contributed by atoms with Gasteiger partial charge in [-0.2, -0.15) is 0 Å². The van der Waals surface area contributed by atoms with Crippen molar-refractivity contribution in [2.24, 2.45) is 16.7 Å². The van der Waals surface area contributed by atoms with E-state index < -0.39 is 46.6 Å². The van der Waals surface area contributed by atoms with E-state index in [1.807, 2.05) is 6.92 Å². The molecular formula is C27H45NO6. The monoisotopic (exact) mass is 479 g/mol. The first-order valence-electron chi connectivity index (χ1n) is 13.1. The number of aliphatic hydroxyl groups is 3. The molecule has 0 bridgehead atoms. The Kier molecular flexibility index (Phi) is 6.56. The summed E-state index contributed by atoms with van der Waals surface area (Å²) in [5.41, 5.74) is -4.32. The fourth-order valence-corrected chi connectivity index (χ4v) is 8.09. The molecule has 2 saturated carbocycles. The normalized spacial score (nSPS) is 47.7. The molecule has 3 N–H and O–H groups in total. The van der Waals surface area contributed by atoms with Crippen molar-refractivity contribution in [2.75, 3.05) is 13.1 Å². The van der Waals surface area contributed by atoms with Gasteiger partial charge in [-0.05, 0) is 57.8 Å². The van der Waals surface area contributed by atoms with E-state index in [1.54, 1.807) is 17.9 Å². The Bertz CT molecular complexity index is 811. The number of aliphatic hydroxyl groups excluding tert-OH is 2. The molecule has 4 rings (SSSR count). The van der Waals surface area contributed by atoms with E-state index in [9.17, 15) is 20.1 Å². The van der Waals surface area contributed by atoms with Gasteiger partial charge in [0.05, 0.1) is 5.60 Å². The molecule has 0 aromatic rings. The Balaban J connectivity index is 1.74. The first-order valence-corrected chi connectivity index (χ1v) is 13.1. The number of likely N-dealkylation sites (tertiary alicyclic amines) is 1. The lowest BCUT2D eigenvalue weighted by molar-refractivity contribution is -0.379. The van der Waals surface area contributed by atoms with Crippen molar-refractivity contribution in [2.45, 2.75) is 121 Å². The second-order valence-electron chi connectivity index (χ2n) is 12.6. The third kappa shape index (κ3) is 3.69. The summed E-state index contributed by atoms with van der Waals surface area (Å²) in [5, 5.41) is 35.0. The lowest BCUT2D eigenvalue weighted by Crippen LogP contribution is -2.82. The van der Waals surface area contributed by atoms with E-state index in [-0.39, 0.29) is 11.3 Å². The van der Waals surface area contributed by atoms with E-state index in [2.05, 4.69) is 27.4 Å². The molecule has 34 heavy (non-hydrogen) atoms. The van der Waals surface area contributed by atoms with Crippen LogP contribution in [0.1, 0.15) is 86.0 Å². The number of carbonyl (C=O) groups excluding carboxylic acids is 1. The Morgan fingerprint density at radius 2 is 1.71 bits per heavy atom. The lowest BCUT2D eigenvalue weighted by Gasteiger charge is -2.71. The largest absolute Gasteiger partial charge is 0.456 e. The average Bonchev–Trinajstić information content (AvgIpc) is 2.79. The van der Waals surface area contributed by atoms with Gasteiger partial charge in [0.1, 0.15) is 23.4 Å². The Morgan fingerprint density at radius 1 is 1.06 bits per heavy atom. The van der Waals surface area contributed by atoms with Crippen LogP contribution in [0.5, 0.6) is 0 Å². The van der Waals surface area contributed by atoms with Gasteiger partial charge in [0.15, 0.2) is 0 Å². The van der Waals surface area contributed by atoms with Gasteiger partial charge < -0.3 is 24.8 Å². The standard InChI is InChI=1S/C27H45NO6/c1-7-24(4)14-15-27(32)25(5)13-11-12-23(2,3)19(25)18(20(29)26(27,6)34-24)33-22(31)21(30)28-16-9-8-10-17-28/h7,18-21,29-30,32H,1,8-17H2,2-6H3/t18-,19-,20-,21?,24-,25-,26+,27-/m0/s1. The highest BCUT2D eigenvalue weighted by Gasteiger charge is 2.76. The SMILES string of the molecule is C=C[C@@]1(C)CC[C@]2(O)[C@@]3(C)CCCC(C)(C)[C@@H]3[C@H](OC(=O)C(O)N3CCCCC3)[C@H](O)[C@@]2(C)O1. The van der Waals surface area contributed by atoms with Crippen molar-refractivity contribution >= 4 is 5.97 Å². The van der Waals surface area contributed by atoms with Crippen LogP contribution in [0.4, 0.5) is 0 Å². The van der Waals surface area contributed by atoms with Crippen LogP contribution in [0.25, 0.3) is 0 Å².